The zero-order valence-corrected chi connectivity index (χ0v) is 12.8. The first-order chi connectivity index (χ1) is 11.2. The van der Waals surface area contributed by atoms with Gasteiger partial charge < -0.3 is 5.32 Å². The fourth-order valence-electron chi connectivity index (χ4n) is 2.62. The summed E-state index contributed by atoms with van der Waals surface area (Å²) in [5.74, 6) is 1.09. The van der Waals surface area contributed by atoms with E-state index in [9.17, 15) is 4.79 Å². The van der Waals surface area contributed by atoms with Crippen LogP contribution >= 0.6 is 0 Å². The van der Waals surface area contributed by atoms with Gasteiger partial charge in [-0.15, -0.1) is 0 Å². The molecular formula is C17H17N5O. The maximum atomic E-state index is 12.1. The van der Waals surface area contributed by atoms with Gasteiger partial charge in [-0.1, -0.05) is 18.2 Å². The van der Waals surface area contributed by atoms with Crippen LogP contribution < -0.4 is 5.32 Å². The summed E-state index contributed by atoms with van der Waals surface area (Å²) in [6.07, 6.45) is 5.59. The number of fused-ring (bicyclic) bond motifs is 1. The van der Waals surface area contributed by atoms with E-state index in [1.54, 1.807) is 10.8 Å². The Hall–Kier alpha value is -2.89. The number of nitrogens with zero attached hydrogens (tertiary/aromatic N) is 3. The van der Waals surface area contributed by atoms with Crippen LogP contribution in [-0.2, 0) is 11.8 Å². The second kappa shape index (κ2) is 5.39. The number of para-hydroxylation sites is 1. The smallest absolute Gasteiger partial charge is 0.249 e. The van der Waals surface area contributed by atoms with Crippen molar-refractivity contribution >= 4 is 28.7 Å². The first kappa shape index (κ1) is 13.8. The zero-order chi connectivity index (χ0) is 15.8. The highest BCUT2D eigenvalue weighted by atomic mass is 16.1. The van der Waals surface area contributed by atoms with Crippen molar-refractivity contribution in [3.63, 3.8) is 0 Å². The normalized spacial score (nSPS) is 14.7. The van der Waals surface area contributed by atoms with Crippen LogP contribution in [0.1, 0.15) is 30.1 Å². The molecule has 0 unspecified atom stereocenters. The summed E-state index contributed by atoms with van der Waals surface area (Å²) < 4.78 is 1.71. The summed E-state index contributed by atoms with van der Waals surface area (Å²) >= 11 is 0. The molecular weight excluding hydrogens is 290 g/mol. The number of rotatable bonds is 4. The number of carbonyl (C=O) groups excluding carboxylic acids is 1. The molecule has 1 amide bonds. The summed E-state index contributed by atoms with van der Waals surface area (Å²) in [6, 6.07) is 9.77. The molecule has 0 saturated heterocycles. The first-order valence-electron chi connectivity index (χ1n) is 7.67. The lowest BCUT2D eigenvalue weighted by Crippen LogP contribution is -2.11. The number of carbonyl (C=O) groups is 1. The number of H-pyrrole nitrogens is 1. The minimum Gasteiger partial charge on any atom is -0.307 e. The number of aromatic nitrogens is 4. The number of aryl methyl sites for hydroxylation is 1. The first-order valence-corrected chi connectivity index (χ1v) is 7.67. The van der Waals surface area contributed by atoms with E-state index in [0.717, 1.165) is 22.3 Å². The van der Waals surface area contributed by atoms with Crippen molar-refractivity contribution in [3.05, 3.63) is 47.8 Å². The number of hydrogen-bond donors (Lipinski definition) is 2. The van der Waals surface area contributed by atoms with Crippen molar-refractivity contribution < 1.29 is 4.79 Å². The van der Waals surface area contributed by atoms with Crippen LogP contribution in [-0.4, -0.2) is 25.9 Å². The molecule has 0 spiro atoms. The van der Waals surface area contributed by atoms with E-state index in [1.165, 1.54) is 18.9 Å². The van der Waals surface area contributed by atoms with Gasteiger partial charge in [0.25, 0.3) is 0 Å². The number of aromatic amines is 1. The Kier molecular flexibility index (Phi) is 3.22. The third-order valence-electron chi connectivity index (χ3n) is 4.04. The van der Waals surface area contributed by atoms with Gasteiger partial charge >= 0.3 is 0 Å². The lowest BCUT2D eigenvalue weighted by atomic mass is 10.2. The van der Waals surface area contributed by atoms with E-state index >= 15 is 0 Å². The van der Waals surface area contributed by atoms with Gasteiger partial charge in [0.2, 0.25) is 5.91 Å². The Morgan fingerprint density at radius 1 is 1.39 bits per heavy atom. The van der Waals surface area contributed by atoms with Crippen molar-refractivity contribution in [2.24, 2.45) is 7.05 Å². The molecule has 0 bridgehead atoms. The second-order valence-electron chi connectivity index (χ2n) is 5.83. The van der Waals surface area contributed by atoms with Crippen LogP contribution in [0.4, 0.5) is 5.82 Å². The fourth-order valence-corrected chi connectivity index (χ4v) is 2.62. The van der Waals surface area contributed by atoms with Gasteiger partial charge in [0.05, 0.1) is 16.9 Å². The highest BCUT2D eigenvalue weighted by molar-refractivity contribution is 6.02. The van der Waals surface area contributed by atoms with Gasteiger partial charge in [-0.25, -0.2) is 0 Å². The summed E-state index contributed by atoms with van der Waals surface area (Å²) in [5, 5.41) is 15.5. The Morgan fingerprint density at radius 3 is 3.04 bits per heavy atom. The molecule has 0 atom stereocenters. The Balaban J connectivity index is 1.49. The highest BCUT2D eigenvalue weighted by Gasteiger charge is 2.27. The molecule has 0 aliphatic heterocycles. The van der Waals surface area contributed by atoms with Gasteiger partial charge in [-0.05, 0) is 25.0 Å². The summed E-state index contributed by atoms with van der Waals surface area (Å²) in [4.78, 5) is 12.1. The van der Waals surface area contributed by atoms with E-state index in [2.05, 4.69) is 20.6 Å². The van der Waals surface area contributed by atoms with Crippen molar-refractivity contribution in [1.82, 2.24) is 20.0 Å². The van der Waals surface area contributed by atoms with Crippen LogP contribution in [0, 0.1) is 0 Å². The second-order valence-corrected chi connectivity index (χ2v) is 5.83. The summed E-state index contributed by atoms with van der Waals surface area (Å²) in [7, 11) is 1.84. The van der Waals surface area contributed by atoms with Crippen molar-refractivity contribution in [2.45, 2.75) is 18.8 Å². The molecule has 4 rings (SSSR count). The van der Waals surface area contributed by atoms with Crippen molar-refractivity contribution in [1.29, 1.82) is 0 Å². The van der Waals surface area contributed by atoms with Gasteiger partial charge in [0, 0.05) is 30.5 Å². The number of nitrogens with one attached hydrogen (secondary N) is 2. The van der Waals surface area contributed by atoms with Gasteiger partial charge in [0.1, 0.15) is 5.82 Å². The summed E-state index contributed by atoms with van der Waals surface area (Å²) in [6.45, 7) is 0. The fraction of sp³-hybridized carbons (Fsp3) is 0.235. The van der Waals surface area contributed by atoms with Crippen molar-refractivity contribution in [2.75, 3.05) is 5.32 Å². The van der Waals surface area contributed by atoms with Gasteiger partial charge in [-0.3, -0.25) is 14.6 Å². The maximum Gasteiger partial charge on any atom is 0.249 e. The molecule has 6 nitrogen and oxygen atoms in total. The average Bonchev–Trinajstić information content (AvgIpc) is 3.23. The molecule has 23 heavy (non-hydrogen) atoms. The topological polar surface area (TPSA) is 75.6 Å². The molecule has 116 valence electrons. The van der Waals surface area contributed by atoms with Crippen LogP contribution in [0.3, 0.4) is 0 Å². The molecule has 2 aromatic heterocycles. The van der Waals surface area contributed by atoms with E-state index in [1.807, 2.05) is 37.4 Å². The van der Waals surface area contributed by atoms with E-state index in [0.29, 0.717) is 11.7 Å². The Morgan fingerprint density at radius 2 is 2.22 bits per heavy atom. The summed E-state index contributed by atoms with van der Waals surface area (Å²) in [5.41, 5.74) is 2.76. The van der Waals surface area contributed by atoms with Crippen molar-refractivity contribution in [3.8, 4) is 0 Å². The molecule has 3 aromatic rings. The molecule has 1 aliphatic carbocycles. The molecule has 6 heteroatoms. The van der Waals surface area contributed by atoms with Crippen LogP contribution in [0.2, 0.25) is 0 Å². The Bertz CT molecular complexity index is 901. The third kappa shape index (κ3) is 2.75. The predicted octanol–water partition coefficient (Wildman–Crippen LogP) is 2.83. The number of anilines is 1. The van der Waals surface area contributed by atoms with Crippen LogP contribution in [0.25, 0.3) is 17.0 Å². The Labute approximate surface area is 133 Å². The molecule has 1 aromatic carbocycles. The third-order valence-corrected chi connectivity index (χ3v) is 4.04. The monoisotopic (exact) mass is 307 g/mol. The van der Waals surface area contributed by atoms with Crippen LogP contribution in [0.5, 0.6) is 0 Å². The number of amides is 1. The number of hydrogen-bond acceptors (Lipinski definition) is 3. The van der Waals surface area contributed by atoms with E-state index < -0.39 is 0 Å². The lowest BCUT2D eigenvalue weighted by Gasteiger charge is -2.00. The SMILES string of the molecule is Cn1nc(C2CC2)cc1NC(=O)C=Cc1n[nH]c2ccccc12. The predicted molar refractivity (Wildman–Crippen MR) is 88.9 cm³/mol. The highest BCUT2D eigenvalue weighted by Crippen LogP contribution is 2.39. The minimum atomic E-state index is -0.192. The standard InChI is InChI=1S/C17H17N5O/c1-22-16(10-15(21-22)11-6-7-11)18-17(23)9-8-14-12-4-2-3-5-13(12)19-20-14/h2-5,8-11H,6-7H2,1H3,(H,18,23)(H,19,20). The lowest BCUT2D eigenvalue weighted by molar-refractivity contribution is -0.111. The average molecular weight is 307 g/mol. The quantitative estimate of drug-likeness (QED) is 0.728. The largest absolute Gasteiger partial charge is 0.307 e. The molecule has 2 heterocycles. The van der Waals surface area contributed by atoms with Gasteiger partial charge in [0.15, 0.2) is 0 Å². The molecule has 1 aliphatic rings. The number of benzene rings is 1. The zero-order valence-electron chi connectivity index (χ0n) is 12.8. The molecule has 0 radical (unpaired) electrons. The molecule has 2 N–H and O–H groups in total. The minimum absolute atomic E-state index is 0.192. The van der Waals surface area contributed by atoms with E-state index in [4.69, 9.17) is 0 Å². The maximum absolute atomic E-state index is 12.1. The van der Waals surface area contributed by atoms with Crippen LogP contribution in [0.15, 0.2) is 36.4 Å². The van der Waals surface area contributed by atoms with Gasteiger partial charge in [-0.2, -0.15) is 10.2 Å². The molecule has 1 fully saturated rings. The van der Waals surface area contributed by atoms with E-state index in [-0.39, 0.29) is 5.91 Å². The molecule has 1 saturated carbocycles.